The molecule has 0 radical (unpaired) electrons. The molecule has 0 bridgehead atoms. The van der Waals surface area contributed by atoms with Gasteiger partial charge in [0.15, 0.2) is 0 Å². The Bertz CT molecular complexity index is 534. The number of carboxylic acid groups (broad SMARTS) is 1. The first kappa shape index (κ1) is 14.8. The van der Waals surface area contributed by atoms with Crippen molar-refractivity contribution in [2.45, 2.75) is 25.3 Å². The van der Waals surface area contributed by atoms with E-state index in [4.69, 9.17) is 5.11 Å². The highest BCUT2D eigenvalue weighted by molar-refractivity contribution is 9.10. The van der Waals surface area contributed by atoms with Crippen LogP contribution in [0, 0.1) is 5.82 Å². The van der Waals surface area contributed by atoms with Crippen LogP contribution >= 0.6 is 15.9 Å². The molecule has 0 saturated heterocycles. The van der Waals surface area contributed by atoms with Gasteiger partial charge in [-0.15, -0.1) is 0 Å². The second-order valence-corrected chi connectivity index (χ2v) is 5.48. The van der Waals surface area contributed by atoms with Crippen molar-refractivity contribution in [3.63, 3.8) is 0 Å². The summed E-state index contributed by atoms with van der Waals surface area (Å²) >= 11 is 3.05. The van der Waals surface area contributed by atoms with Crippen LogP contribution in [-0.4, -0.2) is 34.6 Å². The van der Waals surface area contributed by atoms with E-state index >= 15 is 0 Å². The smallest absolute Gasteiger partial charge is 0.322 e. The fraction of sp³-hybridized carbons (Fsp3) is 0.385. The Morgan fingerprint density at radius 3 is 2.70 bits per heavy atom. The number of amides is 2. The molecule has 1 fully saturated rings. The molecule has 0 aromatic heterocycles. The molecule has 1 aliphatic rings. The van der Waals surface area contributed by atoms with Gasteiger partial charge >= 0.3 is 12.0 Å². The summed E-state index contributed by atoms with van der Waals surface area (Å²) in [7, 11) is 0. The molecule has 108 valence electrons. The molecule has 7 heteroatoms. The highest BCUT2D eigenvalue weighted by Crippen LogP contribution is 2.28. The van der Waals surface area contributed by atoms with Crippen LogP contribution in [0.4, 0.5) is 14.9 Å². The van der Waals surface area contributed by atoms with E-state index in [-0.39, 0.29) is 29.5 Å². The van der Waals surface area contributed by atoms with Gasteiger partial charge in [-0.05, 0) is 47.0 Å². The Morgan fingerprint density at radius 2 is 2.15 bits per heavy atom. The molecule has 0 heterocycles. The van der Waals surface area contributed by atoms with E-state index in [1.807, 2.05) is 0 Å². The van der Waals surface area contributed by atoms with Crippen LogP contribution in [0.15, 0.2) is 22.7 Å². The minimum Gasteiger partial charge on any atom is -0.481 e. The van der Waals surface area contributed by atoms with Gasteiger partial charge in [0, 0.05) is 18.3 Å². The van der Waals surface area contributed by atoms with E-state index in [2.05, 4.69) is 21.2 Å². The van der Waals surface area contributed by atoms with Crippen LogP contribution in [0.5, 0.6) is 0 Å². The van der Waals surface area contributed by atoms with E-state index in [0.717, 1.165) is 12.8 Å². The molecule has 0 aliphatic heterocycles. The zero-order chi connectivity index (χ0) is 14.7. The first-order chi connectivity index (χ1) is 9.47. The number of aliphatic carboxylic acids is 1. The van der Waals surface area contributed by atoms with Crippen molar-refractivity contribution in [3.8, 4) is 0 Å². The molecule has 0 atom stereocenters. The van der Waals surface area contributed by atoms with Gasteiger partial charge in [0.1, 0.15) is 5.82 Å². The lowest BCUT2D eigenvalue weighted by molar-refractivity contribution is -0.137. The monoisotopic (exact) mass is 344 g/mol. The number of nitrogens with zero attached hydrogens (tertiary/aromatic N) is 1. The summed E-state index contributed by atoms with van der Waals surface area (Å²) in [4.78, 5) is 24.2. The predicted octanol–water partition coefficient (Wildman–Crippen LogP) is 3.06. The molecule has 0 unspecified atom stereocenters. The molecule has 5 nitrogen and oxygen atoms in total. The van der Waals surface area contributed by atoms with E-state index < -0.39 is 11.8 Å². The summed E-state index contributed by atoms with van der Waals surface area (Å²) in [6, 6.07) is 3.93. The van der Waals surface area contributed by atoms with Gasteiger partial charge in [-0.25, -0.2) is 9.18 Å². The SMILES string of the molecule is O=C(O)CCN(C(=O)Nc1ccc(F)c(Br)c1)C1CC1. The first-order valence-corrected chi connectivity index (χ1v) is 7.01. The highest BCUT2D eigenvalue weighted by atomic mass is 79.9. The third-order valence-corrected chi connectivity index (χ3v) is 3.59. The number of carboxylic acids is 1. The number of carbonyl (C=O) groups excluding carboxylic acids is 1. The first-order valence-electron chi connectivity index (χ1n) is 6.22. The molecular formula is C13H14BrFN2O3. The zero-order valence-corrected chi connectivity index (χ0v) is 12.2. The van der Waals surface area contributed by atoms with Gasteiger partial charge in [-0.1, -0.05) is 0 Å². The average Bonchev–Trinajstić information content (AvgIpc) is 3.18. The van der Waals surface area contributed by atoms with Gasteiger partial charge in [-0.2, -0.15) is 0 Å². The normalized spacial score (nSPS) is 13.9. The molecule has 1 aromatic rings. The lowest BCUT2D eigenvalue weighted by atomic mass is 10.3. The Labute approximate surface area is 123 Å². The van der Waals surface area contributed by atoms with E-state index in [1.165, 1.54) is 23.1 Å². The van der Waals surface area contributed by atoms with Gasteiger partial charge in [0.2, 0.25) is 0 Å². The second-order valence-electron chi connectivity index (χ2n) is 4.63. The summed E-state index contributed by atoms with van der Waals surface area (Å²) in [5.74, 6) is -1.35. The summed E-state index contributed by atoms with van der Waals surface area (Å²) in [6.07, 6.45) is 1.69. The number of nitrogens with one attached hydrogen (secondary N) is 1. The summed E-state index contributed by atoms with van der Waals surface area (Å²) < 4.78 is 13.4. The minimum absolute atomic E-state index is 0.0863. The van der Waals surface area contributed by atoms with E-state index in [9.17, 15) is 14.0 Å². The van der Waals surface area contributed by atoms with Crippen molar-refractivity contribution in [3.05, 3.63) is 28.5 Å². The minimum atomic E-state index is -0.937. The van der Waals surface area contributed by atoms with Crippen LogP contribution in [-0.2, 0) is 4.79 Å². The Hall–Kier alpha value is -1.63. The number of rotatable bonds is 5. The van der Waals surface area contributed by atoms with Crippen molar-refractivity contribution in [2.24, 2.45) is 0 Å². The number of carbonyl (C=O) groups is 2. The average molecular weight is 345 g/mol. The zero-order valence-electron chi connectivity index (χ0n) is 10.6. The number of hydrogen-bond donors (Lipinski definition) is 2. The van der Waals surface area contributed by atoms with Crippen LogP contribution in [0.2, 0.25) is 0 Å². The maximum absolute atomic E-state index is 13.1. The molecule has 1 aromatic carbocycles. The lowest BCUT2D eigenvalue weighted by Gasteiger charge is -2.22. The maximum atomic E-state index is 13.1. The van der Waals surface area contributed by atoms with Gasteiger partial charge in [0.25, 0.3) is 0 Å². The van der Waals surface area contributed by atoms with Crippen molar-refractivity contribution in [1.29, 1.82) is 0 Å². The van der Waals surface area contributed by atoms with Crippen LogP contribution in [0.1, 0.15) is 19.3 Å². The fourth-order valence-corrected chi connectivity index (χ4v) is 2.20. The molecule has 0 spiro atoms. The third-order valence-electron chi connectivity index (χ3n) is 2.99. The van der Waals surface area contributed by atoms with Crippen LogP contribution in [0.25, 0.3) is 0 Å². The molecule has 20 heavy (non-hydrogen) atoms. The maximum Gasteiger partial charge on any atom is 0.322 e. The summed E-state index contributed by atoms with van der Waals surface area (Å²) in [5, 5.41) is 11.3. The topological polar surface area (TPSA) is 69.6 Å². The summed E-state index contributed by atoms with van der Waals surface area (Å²) in [6.45, 7) is 0.175. The number of halogens is 2. The molecule has 2 N–H and O–H groups in total. The largest absolute Gasteiger partial charge is 0.481 e. The van der Waals surface area contributed by atoms with Crippen LogP contribution < -0.4 is 5.32 Å². The molecular weight excluding hydrogens is 331 g/mol. The van der Waals surface area contributed by atoms with Crippen molar-refractivity contribution in [1.82, 2.24) is 4.90 Å². The van der Waals surface area contributed by atoms with Gasteiger partial charge in [0.05, 0.1) is 10.9 Å². The van der Waals surface area contributed by atoms with Crippen molar-refractivity contribution in [2.75, 3.05) is 11.9 Å². The lowest BCUT2D eigenvalue weighted by Crippen LogP contribution is -2.38. The van der Waals surface area contributed by atoms with E-state index in [0.29, 0.717) is 5.69 Å². The third kappa shape index (κ3) is 3.93. The number of benzene rings is 1. The van der Waals surface area contributed by atoms with Gasteiger partial charge in [-0.3, -0.25) is 4.79 Å². The second kappa shape index (κ2) is 6.21. The Morgan fingerprint density at radius 1 is 1.45 bits per heavy atom. The number of urea groups is 1. The Kier molecular flexibility index (Phi) is 4.59. The Balaban J connectivity index is 2.00. The van der Waals surface area contributed by atoms with Crippen molar-refractivity contribution < 1.29 is 19.1 Å². The number of anilines is 1. The van der Waals surface area contributed by atoms with Crippen LogP contribution in [0.3, 0.4) is 0 Å². The predicted molar refractivity (Wildman–Crippen MR) is 75.1 cm³/mol. The molecule has 1 aliphatic carbocycles. The summed E-state index contributed by atoms with van der Waals surface area (Å²) in [5.41, 5.74) is 0.462. The molecule has 1 saturated carbocycles. The quantitative estimate of drug-likeness (QED) is 0.862. The molecule has 2 amide bonds. The highest BCUT2D eigenvalue weighted by Gasteiger charge is 2.32. The molecule has 2 rings (SSSR count). The fourth-order valence-electron chi connectivity index (χ4n) is 1.82. The standard InChI is InChI=1S/C13H14BrFN2O3/c14-10-7-8(1-4-11(10)15)16-13(20)17(9-2-3-9)6-5-12(18)19/h1,4,7,9H,2-3,5-6H2,(H,16,20)(H,18,19). The van der Waals surface area contributed by atoms with Crippen molar-refractivity contribution >= 4 is 33.6 Å². The number of hydrogen-bond acceptors (Lipinski definition) is 2. The van der Waals surface area contributed by atoms with E-state index in [1.54, 1.807) is 0 Å². The van der Waals surface area contributed by atoms with Gasteiger partial charge < -0.3 is 15.3 Å².